The van der Waals surface area contributed by atoms with Crippen molar-refractivity contribution in [3.8, 4) is 17.2 Å². The molecular weight excluding hydrogens is 242 g/mol. The molecule has 0 saturated heterocycles. The third-order valence-corrected chi connectivity index (χ3v) is 3.18. The molecule has 2 N–H and O–H groups in total. The molecule has 0 bridgehead atoms. The van der Waals surface area contributed by atoms with Crippen molar-refractivity contribution in [3.05, 3.63) is 17.7 Å². The largest absolute Gasteiger partial charge is 0.496 e. The molecule has 1 atom stereocenters. The van der Waals surface area contributed by atoms with Gasteiger partial charge in [-0.15, -0.1) is 0 Å². The first-order chi connectivity index (χ1) is 9.03. The molecule has 0 aromatic heterocycles. The van der Waals surface area contributed by atoms with Crippen molar-refractivity contribution >= 4 is 0 Å². The maximum absolute atomic E-state index is 6.29. The summed E-state index contributed by atoms with van der Waals surface area (Å²) in [5.41, 5.74) is 7.20. The van der Waals surface area contributed by atoms with Crippen molar-refractivity contribution in [3.63, 3.8) is 0 Å². The Balaban J connectivity index is 3.08. The Hall–Kier alpha value is -1.42. The van der Waals surface area contributed by atoms with E-state index in [1.165, 1.54) is 0 Å². The van der Waals surface area contributed by atoms with Crippen molar-refractivity contribution in [2.75, 3.05) is 21.3 Å². The molecule has 0 heterocycles. The van der Waals surface area contributed by atoms with Crippen LogP contribution in [0.4, 0.5) is 0 Å². The average molecular weight is 267 g/mol. The second kappa shape index (κ2) is 7.24. The minimum Gasteiger partial charge on any atom is -0.496 e. The molecule has 0 aliphatic rings. The zero-order valence-corrected chi connectivity index (χ0v) is 12.5. The molecule has 1 rings (SSSR count). The first kappa shape index (κ1) is 15.6. The second-order valence-electron chi connectivity index (χ2n) is 5.02. The smallest absolute Gasteiger partial charge is 0.131 e. The molecule has 4 heteroatoms. The summed E-state index contributed by atoms with van der Waals surface area (Å²) in [6, 6.07) is 3.58. The van der Waals surface area contributed by atoms with Crippen LogP contribution < -0.4 is 19.9 Å². The van der Waals surface area contributed by atoms with Crippen LogP contribution in [0.3, 0.4) is 0 Å². The van der Waals surface area contributed by atoms with E-state index in [0.29, 0.717) is 23.2 Å². The molecular formula is C15H25NO3. The Labute approximate surface area is 115 Å². The quantitative estimate of drug-likeness (QED) is 0.824. The van der Waals surface area contributed by atoms with Crippen LogP contribution in [0.5, 0.6) is 17.2 Å². The summed E-state index contributed by atoms with van der Waals surface area (Å²) in [5.74, 6) is 2.76. The lowest BCUT2D eigenvalue weighted by atomic mass is 9.96. The molecule has 0 amide bonds. The van der Waals surface area contributed by atoms with Crippen LogP contribution in [-0.2, 0) is 0 Å². The molecule has 0 fully saturated rings. The Bertz CT molecular complexity index is 379. The molecule has 0 unspecified atom stereocenters. The van der Waals surface area contributed by atoms with E-state index in [0.717, 1.165) is 18.4 Å². The highest BCUT2D eigenvalue weighted by molar-refractivity contribution is 5.52. The predicted molar refractivity (Wildman–Crippen MR) is 77.1 cm³/mol. The molecule has 0 aliphatic carbocycles. The summed E-state index contributed by atoms with van der Waals surface area (Å²) in [7, 11) is 4.88. The van der Waals surface area contributed by atoms with Gasteiger partial charge in [0.1, 0.15) is 17.2 Å². The summed E-state index contributed by atoms with van der Waals surface area (Å²) in [6.45, 7) is 4.38. The van der Waals surface area contributed by atoms with Crippen molar-refractivity contribution in [1.82, 2.24) is 0 Å². The van der Waals surface area contributed by atoms with Gasteiger partial charge in [0.2, 0.25) is 0 Å². The minimum absolute atomic E-state index is 0.0989. The number of methoxy groups -OCH3 is 3. The van der Waals surface area contributed by atoms with Gasteiger partial charge in [-0.1, -0.05) is 13.8 Å². The number of benzene rings is 1. The summed E-state index contributed by atoms with van der Waals surface area (Å²) < 4.78 is 16.1. The third-order valence-electron chi connectivity index (χ3n) is 3.18. The fraction of sp³-hybridized carbons (Fsp3) is 0.600. The number of ether oxygens (including phenoxy) is 3. The summed E-state index contributed by atoms with van der Waals surface area (Å²) >= 11 is 0. The lowest BCUT2D eigenvalue weighted by molar-refractivity contribution is 0.360. The van der Waals surface area contributed by atoms with Crippen molar-refractivity contribution in [2.24, 2.45) is 11.7 Å². The molecule has 0 saturated carbocycles. The van der Waals surface area contributed by atoms with Gasteiger partial charge >= 0.3 is 0 Å². The minimum atomic E-state index is -0.0989. The van der Waals surface area contributed by atoms with Crippen LogP contribution >= 0.6 is 0 Å². The van der Waals surface area contributed by atoms with Gasteiger partial charge in [0.15, 0.2) is 0 Å². The van der Waals surface area contributed by atoms with E-state index in [-0.39, 0.29) is 6.04 Å². The van der Waals surface area contributed by atoms with Gasteiger partial charge in [-0.2, -0.15) is 0 Å². The van der Waals surface area contributed by atoms with Crippen molar-refractivity contribution in [2.45, 2.75) is 32.7 Å². The van der Waals surface area contributed by atoms with Gasteiger partial charge in [0.25, 0.3) is 0 Å². The van der Waals surface area contributed by atoms with E-state index in [4.69, 9.17) is 19.9 Å². The van der Waals surface area contributed by atoms with Gasteiger partial charge in [-0.3, -0.25) is 0 Å². The highest BCUT2D eigenvalue weighted by Gasteiger charge is 2.19. The van der Waals surface area contributed by atoms with E-state index >= 15 is 0 Å². The summed E-state index contributed by atoms with van der Waals surface area (Å²) in [6.07, 6.45) is 1.97. The van der Waals surface area contributed by atoms with Crippen molar-refractivity contribution in [1.29, 1.82) is 0 Å². The van der Waals surface area contributed by atoms with E-state index in [1.54, 1.807) is 21.3 Å². The molecule has 19 heavy (non-hydrogen) atoms. The van der Waals surface area contributed by atoms with E-state index in [2.05, 4.69) is 13.8 Å². The van der Waals surface area contributed by atoms with Crippen LogP contribution in [0, 0.1) is 5.92 Å². The Morgan fingerprint density at radius 3 is 1.84 bits per heavy atom. The lowest BCUT2D eigenvalue weighted by Crippen LogP contribution is -2.14. The van der Waals surface area contributed by atoms with Gasteiger partial charge in [0.05, 0.1) is 26.9 Å². The van der Waals surface area contributed by atoms with Crippen LogP contribution in [0.25, 0.3) is 0 Å². The molecule has 0 radical (unpaired) electrons. The maximum atomic E-state index is 6.29. The SMILES string of the molecule is COc1cc(OC)c([C@H](N)CCC(C)C)c(OC)c1. The predicted octanol–water partition coefficient (Wildman–Crippen LogP) is 3.15. The van der Waals surface area contributed by atoms with Crippen LogP contribution in [0.2, 0.25) is 0 Å². The molecule has 1 aromatic rings. The summed E-state index contributed by atoms with van der Waals surface area (Å²) in [5, 5.41) is 0. The monoisotopic (exact) mass is 267 g/mol. The number of hydrogen-bond donors (Lipinski definition) is 1. The van der Waals surface area contributed by atoms with Gasteiger partial charge in [-0.05, 0) is 18.8 Å². The molecule has 0 spiro atoms. The Kier molecular flexibility index (Phi) is 5.96. The highest BCUT2D eigenvalue weighted by Crippen LogP contribution is 2.39. The third kappa shape index (κ3) is 4.03. The van der Waals surface area contributed by atoms with Gasteiger partial charge in [0, 0.05) is 18.2 Å². The number of hydrogen-bond acceptors (Lipinski definition) is 4. The molecule has 1 aromatic carbocycles. The van der Waals surface area contributed by atoms with Crippen LogP contribution in [-0.4, -0.2) is 21.3 Å². The number of nitrogens with two attached hydrogens (primary N) is 1. The first-order valence-corrected chi connectivity index (χ1v) is 6.59. The zero-order valence-electron chi connectivity index (χ0n) is 12.5. The lowest BCUT2D eigenvalue weighted by Gasteiger charge is -2.20. The molecule has 0 aliphatic heterocycles. The van der Waals surface area contributed by atoms with E-state index in [9.17, 15) is 0 Å². The van der Waals surface area contributed by atoms with Gasteiger partial charge in [-0.25, -0.2) is 0 Å². The average Bonchev–Trinajstić information content (AvgIpc) is 2.42. The van der Waals surface area contributed by atoms with Gasteiger partial charge < -0.3 is 19.9 Å². The van der Waals surface area contributed by atoms with E-state index in [1.807, 2.05) is 12.1 Å². The van der Waals surface area contributed by atoms with Crippen LogP contribution in [0.1, 0.15) is 38.3 Å². The summed E-state index contributed by atoms with van der Waals surface area (Å²) in [4.78, 5) is 0. The van der Waals surface area contributed by atoms with E-state index < -0.39 is 0 Å². The Morgan fingerprint density at radius 2 is 1.47 bits per heavy atom. The van der Waals surface area contributed by atoms with Crippen molar-refractivity contribution < 1.29 is 14.2 Å². The fourth-order valence-corrected chi connectivity index (χ4v) is 2.06. The maximum Gasteiger partial charge on any atom is 0.131 e. The molecule has 4 nitrogen and oxygen atoms in total. The topological polar surface area (TPSA) is 53.7 Å². The Morgan fingerprint density at radius 1 is 0.947 bits per heavy atom. The first-order valence-electron chi connectivity index (χ1n) is 6.59. The standard InChI is InChI=1S/C15H25NO3/c1-10(2)6-7-12(16)15-13(18-4)8-11(17-3)9-14(15)19-5/h8-10,12H,6-7,16H2,1-5H3/t12-/m1/s1. The normalized spacial score (nSPS) is 12.4. The zero-order chi connectivity index (χ0) is 14.4. The van der Waals surface area contributed by atoms with Crippen LogP contribution in [0.15, 0.2) is 12.1 Å². The molecule has 108 valence electrons. The second-order valence-corrected chi connectivity index (χ2v) is 5.02. The highest BCUT2D eigenvalue weighted by atomic mass is 16.5. The number of rotatable bonds is 7. The fourth-order valence-electron chi connectivity index (χ4n) is 2.06.